The number of methoxy groups -OCH3 is 1. The Balaban J connectivity index is 2.01. The molecule has 1 aromatic heterocycles. The van der Waals surface area contributed by atoms with Gasteiger partial charge < -0.3 is 9.84 Å². The predicted octanol–water partition coefficient (Wildman–Crippen LogP) is 4.73. The molecule has 0 aliphatic rings. The second-order valence-corrected chi connectivity index (χ2v) is 5.76. The van der Waals surface area contributed by atoms with Gasteiger partial charge >= 0.3 is 5.97 Å². The largest absolute Gasteiger partial charge is 0.497 e. The molecule has 0 saturated carbocycles. The Morgan fingerprint density at radius 3 is 2.46 bits per heavy atom. The molecule has 0 amide bonds. The highest BCUT2D eigenvalue weighted by molar-refractivity contribution is 7.08. The molecule has 5 nitrogen and oxygen atoms in total. The molecule has 0 radical (unpaired) electrons. The summed E-state index contributed by atoms with van der Waals surface area (Å²) in [5.74, 6) is -0.248. The van der Waals surface area contributed by atoms with Crippen LogP contribution in [0.3, 0.4) is 0 Å². The van der Waals surface area contributed by atoms with E-state index < -0.39 is 5.97 Å². The van der Waals surface area contributed by atoms with Gasteiger partial charge in [0.1, 0.15) is 10.6 Å². The maximum absolute atomic E-state index is 11.0. The third-order valence-corrected chi connectivity index (χ3v) is 4.31. The molecular weight excluding hydrogens is 324 g/mol. The molecule has 24 heavy (non-hydrogen) atoms. The molecule has 1 N–H and O–H groups in total. The molecule has 1 heterocycles. The predicted molar refractivity (Wildman–Crippen MR) is 92.8 cm³/mol. The number of carbonyl (C=O) groups is 1. The molecule has 0 aliphatic heterocycles. The van der Waals surface area contributed by atoms with Crippen molar-refractivity contribution >= 4 is 23.2 Å². The standard InChI is InChI=1S/C18H12N2O3S/c1-19-16-9-12(15-10-17(18(21)22)24-20-15)5-8-14(16)11-3-6-13(23-2)7-4-11/h3-10H,2H3,(H,21,22). The van der Waals surface area contributed by atoms with Crippen LogP contribution in [0.15, 0.2) is 48.5 Å². The van der Waals surface area contributed by atoms with E-state index in [2.05, 4.69) is 9.22 Å². The molecule has 0 atom stereocenters. The van der Waals surface area contributed by atoms with Crippen LogP contribution in [0.5, 0.6) is 5.75 Å². The molecule has 0 spiro atoms. The van der Waals surface area contributed by atoms with E-state index in [9.17, 15) is 4.79 Å². The highest BCUT2D eigenvalue weighted by atomic mass is 32.1. The average molecular weight is 336 g/mol. The molecule has 2 aromatic carbocycles. The Bertz CT molecular complexity index is 940. The number of benzene rings is 2. The zero-order chi connectivity index (χ0) is 17.1. The number of carboxylic acids is 1. The smallest absolute Gasteiger partial charge is 0.347 e. The van der Waals surface area contributed by atoms with Gasteiger partial charge in [0.2, 0.25) is 0 Å². The summed E-state index contributed by atoms with van der Waals surface area (Å²) in [5, 5.41) is 8.99. The van der Waals surface area contributed by atoms with E-state index in [1.54, 1.807) is 13.2 Å². The third-order valence-electron chi connectivity index (χ3n) is 3.54. The van der Waals surface area contributed by atoms with Crippen LogP contribution in [0.1, 0.15) is 9.67 Å². The van der Waals surface area contributed by atoms with Crippen LogP contribution in [0.2, 0.25) is 0 Å². The summed E-state index contributed by atoms with van der Waals surface area (Å²) in [6, 6.07) is 14.4. The van der Waals surface area contributed by atoms with Crippen LogP contribution in [0.4, 0.5) is 5.69 Å². The van der Waals surface area contributed by atoms with Crippen molar-refractivity contribution in [1.29, 1.82) is 0 Å². The minimum Gasteiger partial charge on any atom is -0.497 e. The van der Waals surface area contributed by atoms with Crippen molar-refractivity contribution < 1.29 is 14.6 Å². The minimum atomic E-state index is -1.00. The Labute approximate surface area is 142 Å². The molecule has 0 aliphatic carbocycles. The van der Waals surface area contributed by atoms with Gasteiger partial charge in [-0.25, -0.2) is 9.64 Å². The summed E-state index contributed by atoms with van der Waals surface area (Å²) in [6.07, 6.45) is 0. The van der Waals surface area contributed by atoms with E-state index in [0.29, 0.717) is 11.4 Å². The summed E-state index contributed by atoms with van der Waals surface area (Å²) in [5.41, 5.74) is 3.50. The Kier molecular flexibility index (Phi) is 4.27. The molecular formula is C18H12N2O3S. The number of hydrogen-bond acceptors (Lipinski definition) is 4. The summed E-state index contributed by atoms with van der Waals surface area (Å²) < 4.78 is 9.29. The zero-order valence-electron chi connectivity index (χ0n) is 12.7. The first-order valence-corrected chi connectivity index (χ1v) is 7.76. The van der Waals surface area contributed by atoms with Crippen molar-refractivity contribution in [3.63, 3.8) is 0 Å². The second-order valence-electron chi connectivity index (χ2n) is 4.95. The highest BCUT2D eigenvalue weighted by Gasteiger charge is 2.12. The Hall–Kier alpha value is -3.17. The fourth-order valence-electron chi connectivity index (χ4n) is 2.31. The number of carboxylic acid groups (broad SMARTS) is 1. The molecule has 0 unspecified atom stereocenters. The van der Waals surface area contributed by atoms with Crippen molar-refractivity contribution in [1.82, 2.24) is 4.37 Å². The SMILES string of the molecule is [C-]#[N+]c1cc(-c2cc(C(=O)O)sn2)ccc1-c1ccc(OC)cc1. The first-order chi connectivity index (χ1) is 11.6. The van der Waals surface area contributed by atoms with Gasteiger partial charge in [-0.2, -0.15) is 4.37 Å². The van der Waals surface area contributed by atoms with Gasteiger partial charge in [-0.05, 0) is 52.5 Å². The molecule has 3 rings (SSSR count). The number of hydrogen-bond donors (Lipinski definition) is 1. The lowest BCUT2D eigenvalue weighted by Crippen LogP contribution is -1.90. The van der Waals surface area contributed by atoms with Crippen molar-refractivity contribution in [3.05, 3.63) is 64.8 Å². The number of aromatic nitrogens is 1. The van der Waals surface area contributed by atoms with Crippen LogP contribution in [-0.2, 0) is 0 Å². The lowest BCUT2D eigenvalue weighted by atomic mass is 10.0. The van der Waals surface area contributed by atoms with Crippen LogP contribution in [-0.4, -0.2) is 22.6 Å². The third kappa shape index (κ3) is 2.98. The van der Waals surface area contributed by atoms with Crippen LogP contribution in [0, 0.1) is 6.57 Å². The number of aromatic carboxylic acids is 1. The first-order valence-electron chi connectivity index (χ1n) is 6.98. The number of ether oxygens (including phenoxy) is 1. The lowest BCUT2D eigenvalue weighted by molar-refractivity contribution is 0.0702. The van der Waals surface area contributed by atoms with E-state index >= 15 is 0 Å². The van der Waals surface area contributed by atoms with Gasteiger partial charge in [0.25, 0.3) is 0 Å². The van der Waals surface area contributed by atoms with Gasteiger partial charge in [-0.3, -0.25) is 0 Å². The van der Waals surface area contributed by atoms with E-state index in [4.69, 9.17) is 16.4 Å². The second kappa shape index (κ2) is 6.52. The number of nitrogens with zero attached hydrogens (tertiary/aromatic N) is 2. The average Bonchev–Trinajstić information content (AvgIpc) is 3.12. The monoisotopic (exact) mass is 336 g/mol. The molecule has 0 saturated heterocycles. The maximum atomic E-state index is 11.0. The van der Waals surface area contributed by atoms with Crippen molar-refractivity contribution in [2.45, 2.75) is 0 Å². The van der Waals surface area contributed by atoms with Gasteiger partial charge in [-0.15, -0.1) is 0 Å². The molecule has 0 bridgehead atoms. The van der Waals surface area contributed by atoms with Gasteiger partial charge in [0, 0.05) is 0 Å². The van der Waals surface area contributed by atoms with Gasteiger partial charge in [0.05, 0.1) is 19.4 Å². The molecule has 0 fully saturated rings. The fourth-order valence-corrected chi connectivity index (χ4v) is 2.91. The topological polar surface area (TPSA) is 63.8 Å². The van der Waals surface area contributed by atoms with E-state index in [-0.39, 0.29) is 4.88 Å². The lowest BCUT2D eigenvalue weighted by Gasteiger charge is -2.07. The zero-order valence-corrected chi connectivity index (χ0v) is 13.5. The Morgan fingerprint density at radius 1 is 1.17 bits per heavy atom. The summed E-state index contributed by atoms with van der Waals surface area (Å²) in [7, 11) is 1.60. The van der Waals surface area contributed by atoms with Crippen molar-refractivity contribution in [2.24, 2.45) is 0 Å². The van der Waals surface area contributed by atoms with E-state index in [0.717, 1.165) is 34.0 Å². The highest BCUT2D eigenvalue weighted by Crippen LogP contribution is 2.35. The van der Waals surface area contributed by atoms with Crippen molar-refractivity contribution in [3.8, 4) is 28.1 Å². The molecule has 3 aromatic rings. The summed E-state index contributed by atoms with van der Waals surface area (Å²) in [6.45, 7) is 7.43. The summed E-state index contributed by atoms with van der Waals surface area (Å²) in [4.78, 5) is 14.7. The maximum Gasteiger partial charge on any atom is 0.347 e. The molecule has 6 heteroatoms. The minimum absolute atomic E-state index is 0.175. The van der Waals surface area contributed by atoms with Crippen molar-refractivity contribution in [2.75, 3.05) is 7.11 Å². The van der Waals surface area contributed by atoms with E-state index in [1.165, 1.54) is 6.07 Å². The Morgan fingerprint density at radius 2 is 1.88 bits per heavy atom. The van der Waals surface area contributed by atoms with Crippen LogP contribution < -0.4 is 4.74 Å². The fraction of sp³-hybridized carbons (Fsp3) is 0.0556. The van der Waals surface area contributed by atoms with E-state index in [1.807, 2.05) is 36.4 Å². The molecule has 118 valence electrons. The quantitative estimate of drug-likeness (QED) is 0.699. The normalized spacial score (nSPS) is 10.2. The van der Waals surface area contributed by atoms with Gasteiger partial charge in [-0.1, -0.05) is 24.3 Å². The number of rotatable bonds is 4. The van der Waals surface area contributed by atoms with Crippen LogP contribution >= 0.6 is 11.5 Å². The first kappa shape index (κ1) is 15.7. The van der Waals surface area contributed by atoms with Crippen LogP contribution in [0.25, 0.3) is 27.2 Å². The summed E-state index contributed by atoms with van der Waals surface area (Å²) >= 11 is 0.930. The van der Waals surface area contributed by atoms with Gasteiger partial charge in [0.15, 0.2) is 5.69 Å².